The van der Waals surface area contributed by atoms with E-state index >= 15 is 0 Å². The van der Waals surface area contributed by atoms with E-state index in [0.717, 1.165) is 18.6 Å². The summed E-state index contributed by atoms with van der Waals surface area (Å²) in [5.74, 6) is 1.49. The maximum Gasteiger partial charge on any atom is 0.114 e. The second-order valence-corrected chi connectivity index (χ2v) is 6.75. The van der Waals surface area contributed by atoms with Crippen LogP contribution in [0.3, 0.4) is 0 Å². The van der Waals surface area contributed by atoms with Gasteiger partial charge in [-0.15, -0.1) is 11.8 Å². The van der Waals surface area contributed by atoms with Crippen molar-refractivity contribution in [2.24, 2.45) is 5.92 Å². The molecule has 2 nitrogen and oxygen atoms in total. The molecule has 0 saturated carbocycles. The van der Waals surface area contributed by atoms with E-state index in [9.17, 15) is 0 Å². The Morgan fingerprint density at radius 1 is 1.32 bits per heavy atom. The van der Waals surface area contributed by atoms with Gasteiger partial charge in [0.15, 0.2) is 0 Å². The van der Waals surface area contributed by atoms with Crippen molar-refractivity contribution in [2.75, 3.05) is 5.75 Å². The topological polar surface area (TPSA) is 18.5 Å². The Balaban J connectivity index is 1.67. The van der Waals surface area contributed by atoms with Crippen LogP contribution in [0.5, 0.6) is 0 Å². The molecule has 0 spiro atoms. The zero-order chi connectivity index (χ0) is 13.3. The molecule has 3 heteroatoms. The first-order valence-corrected chi connectivity index (χ1v) is 7.85. The number of benzene rings is 1. The minimum atomic E-state index is -0.186. The summed E-state index contributed by atoms with van der Waals surface area (Å²) in [6.45, 7) is 4.31. The van der Waals surface area contributed by atoms with Gasteiger partial charge in [0.05, 0.1) is 0 Å². The van der Waals surface area contributed by atoms with Crippen LogP contribution in [0.15, 0.2) is 46.9 Å². The van der Waals surface area contributed by atoms with E-state index in [4.69, 9.17) is 9.78 Å². The van der Waals surface area contributed by atoms with Crippen LogP contribution >= 0.6 is 11.8 Å². The smallest absolute Gasteiger partial charge is 0.114 e. The summed E-state index contributed by atoms with van der Waals surface area (Å²) in [5.41, 5.74) is 1.13. The number of hydrogen-bond acceptors (Lipinski definition) is 3. The van der Waals surface area contributed by atoms with E-state index in [2.05, 4.69) is 44.2 Å². The molecule has 0 radical (unpaired) electrons. The minimum Gasteiger partial charge on any atom is -0.229 e. The highest BCUT2D eigenvalue weighted by Gasteiger charge is 2.44. The Hall–Kier alpha value is -0.770. The van der Waals surface area contributed by atoms with E-state index in [1.807, 2.05) is 17.8 Å². The number of rotatable bonds is 3. The fourth-order valence-electron chi connectivity index (χ4n) is 2.74. The molecule has 0 amide bonds. The molecule has 3 atom stereocenters. The van der Waals surface area contributed by atoms with Gasteiger partial charge >= 0.3 is 0 Å². The molecule has 2 unspecified atom stereocenters. The van der Waals surface area contributed by atoms with Crippen molar-refractivity contribution in [3.8, 4) is 0 Å². The van der Waals surface area contributed by atoms with Crippen molar-refractivity contribution in [3.63, 3.8) is 0 Å². The van der Waals surface area contributed by atoms with Crippen LogP contribution < -0.4 is 0 Å². The molecule has 1 aromatic carbocycles. The Bertz CT molecular complexity index is 471. The summed E-state index contributed by atoms with van der Waals surface area (Å²) >= 11 is 1.85. The lowest BCUT2D eigenvalue weighted by Crippen LogP contribution is -2.49. The summed E-state index contributed by atoms with van der Waals surface area (Å²) in [7, 11) is 0. The number of hydrogen-bond donors (Lipinski definition) is 0. The summed E-state index contributed by atoms with van der Waals surface area (Å²) in [4.78, 5) is 12.6. The van der Waals surface area contributed by atoms with Crippen LogP contribution in [0, 0.1) is 5.92 Å². The third-order valence-corrected chi connectivity index (χ3v) is 5.54. The van der Waals surface area contributed by atoms with E-state index in [0.29, 0.717) is 5.92 Å². The van der Waals surface area contributed by atoms with Gasteiger partial charge in [-0.05, 0) is 50.3 Å². The lowest BCUT2D eigenvalue weighted by molar-refractivity contribution is -0.408. The van der Waals surface area contributed by atoms with Crippen LogP contribution in [0.1, 0.15) is 26.7 Å². The molecule has 1 aliphatic carbocycles. The van der Waals surface area contributed by atoms with Gasteiger partial charge in [0.25, 0.3) is 0 Å². The molecule has 1 fully saturated rings. The first kappa shape index (κ1) is 13.2. The maximum absolute atomic E-state index is 5.76. The lowest BCUT2D eigenvalue weighted by atomic mass is 9.77. The predicted octanol–water partition coefficient (Wildman–Crippen LogP) is 4.22. The van der Waals surface area contributed by atoms with Gasteiger partial charge in [-0.25, -0.2) is 9.78 Å². The molecule has 102 valence electrons. The highest BCUT2D eigenvalue weighted by Crippen LogP contribution is 2.43. The molecular formula is C16H20O2S. The molecular weight excluding hydrogens is 256 g/mol. The molecule has 1 saturated heterocycles. The van der Waals surface area contributed by atoms with Gasteiger partial charge < -0.3 is 0 Å². The molecule has 0 aromatic heterocycles. The first-order valence-electron chi connectivity index (χ1n) is 6.86. The molecule has 1 heterocycles. The Morgan fingerprint density at radius 2 is 2.11 bits per heavy atom. The Labute approximate surface area is 119 Å². The highest BCUT2D eigenvalue weighted by atomic mass is 32.2. The van der Waals surface area contributed by atoms with Gasteiger partial charge in [-0.1, -0.05) is 24.3 Å². The molecule has 3 rings (SSSR count). The van der Waals surface area contributed by atoms with Crippen LogP contribution in [0.4, 0.5) is 0 Å². The second kappa shape index (κ2) is 5.31. The van der Waals surface area contributed by atoms with Crippen LogP contribution in [0.25, 0.3) is 0 Å². The standard InChI is InChI=1S/C16H20O2S/c1-12-8-9-13-10-15(12)17-18-16(13,2)11-19-14-6-4-3-5-7-14/h3-8,13,15H,9-11H2,1-2H3/t13?,15?,16-/m1/s1. The summed E-state index contributed by atoms with van der Waals surface area (Å²) in [6.07, 6.45) is 4.69. The molecule has 19 heavy (non-hydrogen) atoms. The van der Waals surface area contributed by atoms with Crippen molar-refractivity contribution >= 4 is 11.8 Å². The normalized spacial score (nSPS) is 33.9. The average molecular weight is 276 g/mol. The monoisotopic (exact) mass is 276 g/mol. The van der Waals surface area contributed by atoms with Gasteiger partial charge in [0, 0.05) is 10.6 Å². The third-order valence-electron chi connectivity index (χ3n) is 4.22. The fourth-order valence-corrected chi connectivity index (χ4v) is 3.82. The van der Waals surface area contributed by atoms with E-state index < -0.39 is 0 Å². The van der Waals surface area contributed by atoms with E-state index in [-0.39, 0.29) is 11.7 Å². The fraction of sp³-hybridized carbons (Fsp3) is 0.500. The van der Waals surface area contributed by atoms with Crippen molar-refractivity contribution < 1.29 is 9.78 Å². The molecule has 0 N–H and O–H groups in total. The lowest BCUT2D eigenvalue weighted by Gasteiger charge is -2.45. The SMILES string of the molecule is CC1=CCC2CC1OO[C@]2(C)CSc1ccccc1. The van der Waals surface area contributed by atoms with Crippen molar-refractivity contribution in [1.29, 1.82) is 0 Å². The Kier molecular flexibility index (Phi) is 3.70. The minimum absolute atomic E-state index is 0.175. The number of thioether (sulfide) groups is 1. The van der Waals surface area contributed by atoms with E-state index in [1.165, 1.54) is 10.5 Å². The van der Waals surface area contributed by atoms with Crippen molar-refractivity contribution in [3.05, 3.63) is 42.0 Å². The number of allylic oxidation sites excluding steroid dienone is 1. The van der Waals surface area contributed by atoms with Gasteiger partial charge in [-0.3, -0.25) is 0 Å². The summed E-state index contributed by atoms with van der Waals surface area (Å²) in [5, 5.41) is 0. The van der Waals surface area contributed by atoms with Crippen molar-refractivity contribution in [1.82, 2.24) is 0 Å². The van der Waals surface area contributed by atoms with Gasteiger partial charge in [0.2, 0.25) is 0 Å². The zero-order valence-corrected chi connectivity index (χ0v) is 12.3. The van der Waals surface area contributed by atoms with Gasteiger partial charge in [-0.2, -0.15) is 0 Å². The quantitative estimate of drug-likeness (QED) is 0.468. The van der Waals surface area contributed by atoms with Gasteiger partial charge in [0.1, 0.15) is 11.7 Å². The van der Waals surface area contributed by atoms with E-state index in [1.54, 1.807) is 0 Å². The van der Waals surface area contributed by atoms with Crippen LogP contribution in [-0.4, -0.2) is 17.5 Å². The largest absolute Gasteiger partial charge is 0.229 e. The average Bonchev–Trinajstić information content (AvgIpc) is 2.45. The third kappa shape index (κ3) is 2.73. The molecule has 1 aliphatic heterocycles. The predicted molar refractivity (Wildman–Crippen MR) is 78.0 cm³/mol. The summed E-state index contributed by atoms with van der Waals surface area (Å²) < 4.78 is 0. The highest BCUT2D eigenvalue weighted by molar-refractivity contribution is 7.99. The second-order valence-electron chi connectivity index (χ2n) is 5.70. The van der Waals surface area contributed by atoms with Crippen LogP contribution in [-0.2, 0) is 9.78 Å². The molecule has 1 aromatic rings. The first-order chi connectivity index (χ1) is 9.17. The van der Waals surface area contributed by atoms with Crippen LogP contribution in [0.2, 0.25) is 0 Å². The summed E-state index contributed by atoms with van der Waals surface area (Å²) in [6, 6.07) is 10.5. The number of fused-ring (bicyclic) bond motifs is 2. The molecule has 2 aliphatic rings. The Morgan fingerprint density at radius 3 is 2.89 bits per heavy atom. The van der Waals surface area contributed by atoms with Crippen molar-refractivity contribution in [2.45, 2.75) is 43.3 Å². The maximum atomic E-state index is 5.76. The zero-order valence-electron chi connectivity index (χ0n) is 11.5. The molecule has 2 bridgehead atoms.